The molecule has 5 rings (SSSR count). The third kappa shape index (κ3) is 5.11. The zero-order chi connectivity index (χ0) is 26.9. The fraction of sp³-hybridized carbons (Fsp3) is 0.423. The zero-order valence-electron chi connectivity index (χ0n) is 21.2. The van der Waals surface area contributed by atoms with E-state index in [0.717, 1.165) is 17.5 Å². The summed E-state index contributed by atoms with van der Waals surface area (Å²) in [5.74, 6) is 0.203. The molecule has 2 saturated heterocycles. The van der Waals surface area contributed by atoms with Gasteiger partial charge in [0.25, 0.3) is 5.91 Å². The molecule has 2 aromatic heterocycles. The molecule has 3 amide bonds. The fourth-order valence-electron chi connectivity index (χ4n) is 5.23. The molecule has 0 bridgehead atoms. The minimum absolute atomic E-state index is 0.0782. The molecule has 2 aliphatic rings. The van der Waals surface area contributed by atoms with Gasteiger partial charge in [-0.05, 0) is 67.1 Å². The van der Waals surface area contributed by atoms with Crippen molar-refractivity contribution in [1.82, 2.24) is 24.1 Å². The van der Waals surface area contributed by atoms with E-state index in [1.807, 2.05) is 18.3 Å². The summed E-state index contributed by atoms with van der Waals surface area (Å²) in [6.07, 6.45) is 5.56. The molecule has 12 heteroatoms. The van der Waals surface area contributed by atoms with Gasteiger partial charge >= 0.3 is 6.03 Å². The number of urea groups is 1. The first-order valence-corrected chi connectivity index (χ1v) is 14.2. The quantitative estimate of drug-likeness (QED) is 0.438. The normalized spacial score (nSPS) is 19.1. The zero-order valence-corrected chi connectivity index (χ0v) is 22.0. The summed E-state index contributed by atoms with van der Waals surface area (Å²) in [4.78, 5) is 26.6. The van der Waals surface area contributed by atoms with Crippen LogP contribution in [0, 0.1) is 5.92 Å². The summed E-state index contributed by atoms with van der Waals surface area (Å²) in [5.41, 5.74) is 2.84. The highest BCUT2D eigenvalue weighted by molar-refractivity contribution is 7.89. The van der Waals surface area contributed by atoms with E-state index in [0.29, 0.717) is 50.3 Å². The number of benzene rings is 1. The Morgan fingerprint density at radius 2 is 1.82 bits per heavy atom. The maximum atomic E-state index is 13.2. The molecule has 0 saturated carbocycles. The Bertz CT molecular complexity index is 1430. The van der Waals surface area contributed by atoms with Gasteiger partial charge in [0.15, 0.2) is 0 Å². The van der Waals surface area contributed by atoms with Crippen LogP contribution in [0.4, 0.5) is 10.5 Å². The van der Waals surface area contributed by atoms with Crippen molar-refractivity contribution in [1.29, 1.82) is 0 Å². The number of nitrogens with one attached hydrogen (secondary N) is 2. The molecular weight excluding hydrogens is 508 g/mol. The van der Waals surface area contributed by atoms with Crippen LogP contribution < -0.4 is 10.6 Å². The smallest absolute Gasteiger partial charge is 0.318 e. The molecule has 38 heavy (non-hydrogen) atoms. The molecule has 1 aromatic carbocycles. The standard InChI is InChI=1S/C26H32N6O5S/c1-27-26(35)29-21-2-4-22(5-3-21)38(36,37)31-11-7-19(8-12-31)20-9-13-32-24(14-20)23(15-28-32)25(34)30-10-6-18(16-30)17-33/h2-5,9,13-15,18-19,33H,6-8,10-12,16-17H2,1H3,(H2,27,29,35). The second-order valence-corrected chi connectivity index (χ2v) is 11.8. The lowest BCUT2D eigenvalue weighted by Gasteiger charge is -2.31. The van der Waals surface area contributed by atoms with Gasteiger partial charge in [-0.25, -0.2) is 17.7 Å². The van der Waals surface area contributed by atoms with Crippen molar-refractivity contribution in [2.75, 3.05) is 45.2 Å². The van der Waals surface area contributed by atoms with Gasteiger partial charge < -0.3 is 20.6 Å². The molecular formula is C26H32N6O5S. The monoisotopic (exact) mass is 540 g/mol. The van der Waals surface area contributed by atoms with E-state index in [4.69, 9.17) is 0 Å². The van der Waals surface area contributed by atoms with Crippen LogP contribution in [-0.2, 0) is 10.0 Å². The van der Waals surface area contributed by atoms with Crippen molar-refractivity contribution in [3.8, 4) is 0 Å². The fourth-order valence-corrected chi connectivity index (χ4v) is 6.70. The summed E-state index contributed by atoms with van der Waals surface area (Å²) >= 11 is 0. The molecule has 1 atom stereocenters. The predicted octanol–water partition coefficient (Wildman–Crippen LogP) is 2.11. The van der Waals surface area contributed by atoms with Gasteiger partial charge in [-0.15, -0.1) is 0 Å². The second kappa shape index (κ2) is 10.7. The van der Waals surface area contributed by atoms with Gasteiger partial charge in [0.2, 0.25) is 10.0 Å². The maximum Gasteiger partial charge on any atom is 0.318 e. The van der Waals surface area contributed by atoms with E-state index in [2.05, 4.69) is 15.7 Å². The average Bonchev–Trinajstić information content (AvgIpc) is 3.60. The highest BCUT2D eigenvalue weighted by Crippen LogP contribution is 2.32. The average molecular weight is 541 g/mol. The minimum Gasteiger partial charge on any atom is -0.396 e. The molecule has 11 nitrogen and oxygen atoms in total. The molecule has 0 radical (unpaired) electrons. The largest absolute Gasteiger partial charge is 0.396 e. The van der Waals surface area contributed by atoms with Crippen molar-refractivity contribution in [3.05, 3.63) is 59.9 Å². The second-order valence-electron chi connectivity index (χ2n) is 9.84. The lowest BCUT2D eigenvalue weighted by molar-refractivity contribution is 0.0783. The van der Waals surface area contributed by atoms with Gasteiger partial charge in [-0.1, -0.05) is 0 Å². The van der Waals surface area contributed by atoms with E-state index in [-0.39, 0.29) is 35.3 Å². The molecule has 0 aliphatic carbocycles. The lowest BCUT2D eigenvalue weighted by atomic mass is 9.90. The number of pyridine rings is 1. The Hall–Kier alpha value is -3.48. The number of aliphatic hydroxyl groups is 1. The van der Waals surface area contributed by atoms with Crippen molar-refractivity contribution in [2.45, 2.75) is 30.1 Å². The van der Waals surface area contributed by atoms with Gasteiger partial charge in [0, 0.05) is 57.6 Å². The molecule has 202 valence electrons. The number of aliphatic hydroxyl groups excluding tert-OH is 1. The summed E-state index contributed by atoms with van der Waals surface area (Å²) in [7, 11) is -2.15. The highest BCUT2D eigenvalue weighted by Gasteiger charge is 2.31. The number of carbonyl (C=O) groups excluding carboxylic acids is 2. The van der Waals surface area contributed by atoms with Gasteiger partial charge in [-0.2, -0.15) is 9.40 Å². The van der Waals surface area contributed by atoms with Crippen molar-refractivity contribution < 1.29 is 23.1 Å². The van der Waals surface area contributed by atoms with E-state index < -0.39 is 10.0 Å². The number of rotatable bonds is 6. The third-order valence-corrected chi connectivity index (χ3v) is 9.42. The van der Waals surface area contributed by atoms with E-state index >= 15 is 0 Å². The molecule has 0 spiro atoms. The number of piperidine rings is 1. The maximum absolute atomic E-state index is 13.2. The van der Waals surface area contributed by atoms with Crippen LogP contribution in [0.25, 0.3) is 5.52 Å². The summed E-state index contributed by atoms with van der Waals surface area (Å²) in [6.45, 7) is 2.03. The molecule has 1 unspecified atom stereocenters. The number of hydrogen-bond acceptors (Lipinski definition) is 6. The van der Waals surface area contributed by atoms with Crippen LogP contribution >= 0.6 is 0 Å². The van der Waals surface area contributed by atoms with Crippen molar-refractivity contribution in [3.63, 3.8) is 0 Å². The van der Waals surface area contributed by atoms with E-state index in [1.165, 1.54) is 23.5 Å². The first-order chi connectivity index (χ1) is 18.3. The first kappa shape index (κ1) is 26.1. The number of sulfonamides is 1. The van der Waals surface area contributed by atoms with Crippen molar-refractivity contribution in [2.24, 2.45) is 5.92 Å². The Balaban J connectivity index is 1.26. The number of amides is 3. The highest BCUT2D eigenvalue weighted by atomic mass is 32.2. The number of nitrogens with zero attached hydrogens (tertiary/aromatic N) is 4. The van der Waals surface area contributed by atoms with Crippen LogP contribution in [0.1, 0.15) is 41.1 Å². The number of likely N-dealkylation sites (tertiary alicyclic amines) is 1. The summed E-state index contributed by atoms with van der Waals surface area (Å²) in [5, 5.41) is 18.8. The van der Waals surface area contributed by atoms with E-state index in [9.17, 15) is 23.1 Å². The van der Waals surface area contributed by atoms with Gasteiger partial charge in [-0.3, -0.25) is 4.79 Å². The first-order valence-electron chi connectivity index (χ1n) is 12.8. The SMILES string of the molecule is CNC(=O)Nc1ccc(S(=O)(=O)N2CCC(c3ccn4ncc(C(=O)N5CCC(CO)C5)c4c3)CC2)cc1. The number of anilines is 1. The topological polar surface area (TPSA) is 136 Å². The van der Waals surface area contributed by atoms with Crippen LogP contribution in [0.15, 0.2) is 53.7 Å². The molecule has 3 aromatic rings. The minimum atomic E-state index is -3.66. The lowest BCUT2D eigenvalue weighted by Crippen LogP contribution is -2.37. The Labute approximate surface area is 221 Å². The van der Waals surface area contributed by atoms with Gasteiger partial charge in [0.05, 0.1) is 22.2 Å². The predicted molar refractivity (Wildman–Crippen MR) is 142 cm³/mol. The summed E-state index contributed by atoms with van der Waals surface area (Å²) in [6, 6.07) is 9.75. The van der Waals surface area contributed by atoms with E-state index in [1.54, 1.807) is 27.7 Å². The number of hydrogen-bond donors (Lipinski definition) is 3. The molecule has 2 fully saturated rings. The molecule has 3 N–H and O–H groups in total. The Morgan fingerprint density at radius 3 is 2.47 bits per heavy atom. The van der Waals surface area contributed by atoms with Crippen LogP contribution in [0.2, 0.25) is 0 Å². The van der Waals surface area contributed by atoms with Crippen LogP contribution in [-0.4, -0.2) is 84.1 Å². The van der Waals surface area contributed by atoms with Crippen LogP contribution in [0.3, 0.4) is 0 Å². The number of aromatic nitrogens is 2. The molecule has 2 aliphatic heterocycles. The molecule has 4 heterocycles. The van der Waals surface area contributed by atoms with Crippen molar-refractivity contribution >= 4 is 33.2 Å². The Morgan fingerprint density at radius 1 is 1.08 bits per heavy atom. The van der Waals surface area contributed by atoms with Gasteiger partial charge in [0.1, 0.15) is 0 Å². The van der Waals surface area contributed by atoms with Crippen LogP contribution in [0.5, 0.6) is 0 Å². The number of carbonyl (C=O) groups is 2. The Kier molecular flexibility index (Phi) is 7.37. The number of fused-ring (bicyclic) bond motifs is 1. The summed E-state index contributed by atoms with van der Waals surface area (Å²) < 4.78 is 29.6. The third-order valence-electron chi connectivity index (χ3n) is 7.51.